The molecule has 162 valence electrons. The maximum atomic E-state index is 13.3. The number of fused-ring (bicyclic) bond motifs is 4. The number of nitrogens with zero attached hydrogens (tertiary/aromatic N) is 2. The number of halogens is 1. The van der Waals surface area contributed by atoms with Crippen molar-refractivity contribution in [3.8, 4) is 5.75 Å². The molecule has 3 aliphatic heterocycles. The lowest BCUT2D eigenvalue weighted by molar-refractivity contribution is 0.192. The average Bonchev–Trinajstić information content (AvgIpc) is 2.97. The number of sulfonamides is 1. The molecule has 2 aromatic carbocycles. The van der Waals surface area contributed by atoms with Gasteiger partial charge in [0.2, 0.25) is 10.0 Å². The van der Waals surface area contributed by atoms with Gasteiger partial charge < -0.3 is 9.64 Å². The fourth-order valence-corrected chi connectivity index (χ4v) is 6.46. The topological polar surface area (TPSA) is 49.9 Å². The largest absolute Gasteiger partial charge is 0.494 e. The van der Waals surface area contributed by atoms with Crippen molar-refractivity contribution in [3.63, 3.8) is 0 Å². The molecule has 3 aliphatic rings. The van der Waals surface area contributed by atoms with E-state index in [1.54, 1.807) is 4.31 Å². The van der Waals surface area contributed by atoms with E-state index in [1.807, 2.05) is 19.1 Å². The Hall–Kier alpha value is -2.12. The van der Waals surface area contributed by atoms with Gasteiger partial charge in [-0.1, -0.05) is 13.8 Å². The quantitative estimate of drug-likeness (QED) is 0.712. The van der Waals surface area contributed by atoms with Crippen molar-refractivity contribution < 1.29 is 17.5 Å². The second kappa shape index (κ2) is 7.85. The highest BCUT2D eigenvalue weighted by Gasteiger charge is 2.48. The minimum Gasteiger partial charge on any atom is -0.494 e. The third-order valence-corrected chi connectivity index (χ3v) is 8.16. The van der Waals surface area contributed by atoms with Gasteiger partial charge in [0.05, 0.1) is 11.5 Å². The molecule has 5 rings (SSSR count). The Bertz CT molecular complexity index is 990. The molecule has 2 bridgehead atoms. The van der Waals surface area contributed by atoms with Gasteiger partial charge in [0.25, 0.3) is 0 Å². The summed E-state index contributed by atoms with van der Waals surface area (Å²) in [5, 5.41) is 0. The molecule has 3 saturated heterocycles. The Labute approximate surface area is 178 Å². The van der Waals surface area contributed by atoms with Crippen LogP contribution in [0.15, 0.2) is 53.4 Å². The van der Waals surface area contributed by atoms with E-state index in [0.717, 1.165) is 24.4 Å². The van der Waals surface area contributed by atoms with E-state index in [9.17, 15) is 12.8 Å². The lowest BCUT2D eigenvalue weighted by Gasteiger charge is -2.48. The van der Waals surface area contributed by atoms with E-state index in [-0.39, 0.29) is 22.3 Å². The van der Waals surface area contributed by atoms with Crippen molar-refractivity contribution in [2.75, 3.05) is 31.1 Å². The van der Waals surface area contributed by atoms with Crippen molar-refractivity contribution in [2.45, 2.75) is 38.1 Å². The fourth-order valence-electron chi connectivity index (χ4n) is 4.93. The molecule has 0 unspecified atom stereocenters. The number of hydrogen-bond donors (Lipinski definition) is 0. The van der Waals surface area contributed by atoms with E-state index in [0.29, 0.717) is 19.7 Å². The summed E-state index contributed by atoms with van der Waals surface area (Å²) in [6.07, 6.45) is 0.973. The van der Waals surface area contributed by atoms with Gasteiger partial charge in [-0.05, 0) is 73.2 Å². The van der Waals surface area contributed by atoms with Crippen LogP contribution in [0.3, 0.4) is 0 Å². The summed E-state index contributed by atoms with van der Waals surface area (Å²) >= 11 is 0. The Balaban J connectivity index is 1.65. The fraction of sp³-hybridized carbons (Fsp3) is 0.478. The minimum absolute atomic E-state index is 0.0332. The molecule has 2 aromatic rings. The predicted molar refractivity (Wildman–Crippen MR) is 116 cm³/mol. The molecule has 3 fully saturated rings. The van der Waals surface area contributed by atoms with Crippen molar-refractivity contribution in [3.05, 3.63) is 54.3 Å². The van der Waals surface area contributed by atoms with Crippen molar-refractivity contribution in [1.82, 2.24) is 4.31 Å². The van der Waals surface area contributed by atoms with Gasteiger partial charge in [-0.2, -0.15) is 4.31 Å². The van der Waals surface area contributed by atoms with Crippen LogP contribution in [0.2, 0.25) is 0 Å². The van der Waals surface area contributed by atoms with Gasteiger partial charge in [-0.3, -0.25) is 0 Å². The third kappa shape index (κ3) is 3.93. The molecular formula is C23H29FN2O3S. The summed E-state index contributed by atoms with van der Waals surface area (Å²) in [4.78, 5) is 2.50. The molecule has 0 N–H and O–H groups in total. The molecule has 2 atom stereocenters. The van der Waals surface area contributed by atoms with Gasteiger partial charge in [0.15, 0.2) is 0 Å². The molecule has 30 heavy (non-hydrogen) atoms. The summed E-state index contributed by atoms with van der Waals surface area (Å²) in [5.74, 6) is 0.620. The van der Waals surface area contributed by atoms with Crippen LogP contribution in [0.5, 0.6) is 5.75 Å². The Kier molecular flexibility index (Phi) is 5.53. The normalized spacial score (nSPS) is 23.9. The van der Waals surface area contributed by atoms with Crippen LogP contribution < -0.4 is 9.64 Å². The minimum atomic E-state index is -3.68. The average molecular weight is 433 g/mol. The zero-order valence-corrected chi connectivity index (χ0v) is 18.5. The second-order valence-corrected chi connectivity index (χ2v) is 10.9. The SMILES string of the molecule is CCOc1ccc(N2C[C@H]3CN(S(=O)(=O)c4ccc(F)cc4)C[C@@H]2C(C)(C)C3)cc1. The number of rotatable bonds is 5. The maximum Gasteiger partial charge on any atom is 0.243 e. The summed E-state index contributed by atoms with van der Waals surface area (Å²) in [6.45, 7) is 8.73. The Morgan fingerprint density at radius 2 is 1.70 bits per heavy atom. The molecule has 5 nitrogen and oxygen atoms in total. The smallest absolute Gasteiger partial charge is 0.243 e. The van der Waals surface area contributed by atoms with Gasteiger partial charge >= 0.3 is 0 Å². The highest BCUT2D eigenvalue weighted by atomic mass is 32.2. The highest BCUT2D eigenvalue weighted by molar-refractivity contribution is 7.89. The lowest BCUT2D eigenvalue weighted by atomic mass is 9.73. The predicted octanol–water partition coefficient (Wildman–Crippen LogP) is 4.15. The summed E-state index contributed by atoms with van der Waals surface area (Å²) in [7, 11) is -3.68. The zero-order chi connectivity index (χ0) is 21.5. The molecule has 0 radical (unpaired) electrons. The summed E-state index contributed by atoms with van der Waals surface area (Å²) in [6, 6.07) is 13.2. The number of piperidine rings is 1. The van der Waals surface area contributed by atoms with Gasteiger partial charge in [0.1, 0.15) is 11.6 Å². The van der Waals surface area contributed by atoms with E-state index in [1.165, 1.54) is 24.3 Å². The van der Waals surface area contributed by atoms with Gasteiger partial charge in [-0.15, -0.1) is 0 Å². The number of benzene rings is 2. The number of anilines is 1. The van der Waals surface area contributed by atoms with Crippen LogP contribution in [-0.2, 0) is 10.0 Å². The van der Waals surface area contributed by atoms with Gasteiger partial charge in [0, 0.05) is 31.4 Å². The first-order valence-electron chi connectivity index (χ1n) is 10.5. The van der Waals surface area contributed by atoms with Crippen LogP contribution in [-0.4, -0.2) is 45.0 Å². The Morgan fingerprint density at radius 3 is 2.33 bits per heavy atom. The zero-order valence-electron chi connectivity index (χ0n) is 17.7. The molecule has 7 heteroatoms. The van der Waals surface area contributed by atoms with Gasteiger partial charge in [-0.25, -0.2) is 12.8 Å². The van der Waals surface area contributed by atoms with Crippen LogP contribution in [0.1, 0.15) is 27.2 Å². The first kappa shape index (κ1) is 21.1. The number of hydrogen-bond acceptors (Lipinski definition) is 4. The van der Waals surface area contributed by atoms with Crippen LogP contribution in [0.25, 0.3) is 0 Å². The van der Waals surface area contributed by atoms with Crippen LogP contribution in [0.4, 0.5) is 10.1 Å². The van der Waals surface area contributed by atoms with Crippen molar-refractivity contribution >= 4 is 15.7 Å². The van der Waals surface area contributed by atoms with E-state index in [4.69, 9.17) is 4.74 Å². The highest BCUT2D eigenvalue weighted by Crippen LogP contribution is 2.44. The monoisotopic (exact) mass is 432 g/mol. The van der Waals surface area contributed by atoms with Crippen molar-refractivity contribution in [2.24, 2.45) is 11.3 Å². The van der Waals surface area contributed by atoms with E-state index >= 15 is 0 Å². The number of ether oxygens (including phenoxy) is 1. The summed E-state index contributed by atoms with van der Waals surface area (Å²) in [5.41, 5.74) is 1.05. The molecular weight excluding hydrogens is 403 g/mol. The summed E-state index contributed by atoms with van der Waals surface area (Å²) < 4.78 is 47.1. The van der Waals surface area contributed by atoms with E-state index in [2.05, 4.69) is 30.9 Å². The van der Waals surface area contributed by atoms with Crippen LogP contribution >= 0.6 is 0 Å². The molecule has 0 spiro atoms. The molecule has 0 aliphatic carbocycles. The molecule has 0 amide bonds. The van der Waals surface area contributed by atoms with Crippen molar-refractivity contribution in [1.29, 1.82) is 0 Å². The molecule has 0 aromatic heterocycles. The second-order valence-electron chi connectivity index (χ2n) is 8.93. The third-order valence-electron chi connectivity index (χ3n) is 6.32. The Morgan fingerprint density at radius 1 is 1.03 bits per heavy atom. The maximum absolute atomic E-state index is 13.3. The molecule has 0 saturated carbocycles. The lowest BCUT2D eigenvalue weighted by Crippen LogP contribution is -2.54. The molecule has 3 heterocycles. The first-order valence-corrected chi connectivity index (χ1v) is 11.9. The first-order chi connectivity index (χ1) is 14.2. The standard InChI is InChI=1S/C23H29FN2O3S/c1-4-29-20-9-7-19(8-10-20)26-15-17-13-23(2,3)22(26)16-25(14-17)30(27,28)21-11-5-18(24)6-12-21/h5-12,17,22H,4,13-16H2,1-3H3/t17-,22-/m1/s1. The van der Waals surface area contributed by atoms with Crippen LogP contribution in [0, 0.1) is 17.2 Å². The van der Waals surface area contributed by atoms with E-state index < -0.39 is 15.8 Å².